The number of rotatable bonds is 4. The Morgan fingerprint density at radius 1 is 1.17 bits per heavy atom. The van der Waals surface area contributed by atoms with Gasteiger partial charge >= 0.3 is 0 Å². The zero-order chi connectivity index (χ0) is 8.81. The lowest BCUT2D eigenvalue weighted by molar-refractivity contribution is 0.266. The van der Waals surface area contributed by atoms with Crippen molar-refractivity contribution in [2.75, 3.05) is 6.54 Å². The molecule has 1 saturated carbocycles. The molecule has 1 fully saturated rings. The van der Waals surface area contributed by atoms with Crippen LogP contribution in [0.4, 0.5) is 0 Å². The van der Waals surface area contributed by atoms with Crippen LogP contribution in [0, 0.1) is 5.92 Å². The lowest BCUT2D eigenvalue weighted by Crippen LogP contribution is -2.36. The summed E-state index contributed by atoms with van der Waals surface area (Å²) < 4.78 is 0. The zero-order valence-electron chi connectivity index (χ0n) is 8.60. The van der Waals surface area contributed by atoms with E-state index in [1.165, 1.54) is 38.5 Å². The molecule has 0 heterocycles. The highest BCUT2D eigenvalue weighted by Crippen LogP contribution is 2.27. The lowest BCUT2D eigenvalue weighted by Gasteiger charge is -2.30. The summed E-state index contributed by atoms with van der Waals surface area (Å²) in [6.45, 7) is 5.66. The summed E-state index contributed by atoms with van der Waals surface area (Å²) >= 11 is 0. The minimum atomic E-state index is 0.801. The van der Waals surface area contributed by atoms with Gasteiger partial charge in [-0.3, -0.25) is 0 Å². The highest BCUT2D eigenvalue weighted by molar-refractivity contribution is 4.77. The van der Waals surface area contributed by atoms with Crippen molar-refractivity contribution >= 4 is 0 Å². The van der Waals surface area contributed by atoms with Gasteiger partial charge in [-0.05, 0) is 31.7 Å². The molecule has 0 spiro atoms. The summed E-state index contributed by atoms with van der Waals surface area (Å²) in [5.41, 5.74) is 0. The quantitative estimate of drug-likeness (QED) is 0.682. The summed E-state index contributed by atoms with van der Waals surface area (Å²) in [4.78, 5) is 0. The number of hydrogen-bond acceptors (Lipinski definition) is 1. The van der Waals surface area contributed by atoms with Gasteiger partial charge in [0.15, 0.2) is 0 Å². The fraction of sp³-hybridized carbons (Fsp3) is 1.00. The average molecular weight is 169 g/mol. The summed E-state index contributed by atoms with van der Waals surface area (Å²) in [5.74, 6) is 0.976. The van der Waals surface area contributed by atoms with E-state index in [1.807, 2.05) is 0 Å². The van der Waals surface area contributed by atoms with E-state index in [0.29, 0.717) is 0 Å². The van der Waals surface area contributed by atoms with Gasteiger partial charge in [-0.1, -0.05) is 33.1 Å². The summed E-state index contributed by atoms with van der Waals surface area (Å²) in [6, 6.07) is 0.801. The summed E-state index contributed by atoms with van der Waals surface area (Å²) in [7, 11) is 0. The highest BCUT2D eigenvalue weighted by atomic mass is 14.9. The first kappa shape index (κ1) is 10.0. The third-order valence-electron chi connectivity index (χ3n) is 3.13. The molecule has 1 nitrogen and oxygen atoms in total. The standard InChI is InChI=1S/C11H23N/c1-3-11(12-4-2)10-8-6-5-7-9-10/h10-12H,3-9H2,1-2H3. The molecule has 12 heavy (non-hydrogen) atoms. The van der Waals surface area contributed by atoms with Crippen LogP contribution < -0.4 is 5.32 Å². The maximum Gasteiger partial charge on any atom is 0.00925 e. The van der Waals surface area contributed by atoms with Crippen molar-refractivity contribution in [1.29, 1.82) is 0 Å². The van der Waals surface area contributed by atoms with Gasteiger partial charge in [-0.2, -0.15) is 0 Å². The lowest BCUT2D eigenvalue weighted by atomic mass is 9.83. The van der Waals surface area contributed by atoms with Gasteiger partial charge in [0.05, 0.1) is 0 Å². The first-order valence-electron chi connectivity index (χ1n) is 5.61. The highest BCUT2D eigenvalue weighted by Gasteiger charge is 2.20. The van der Waals surface area contributed by atoms with E-state index in [9.17, 15) is 0 Å². The van der Waals surface area contributed by atoms with Crippen molar-refractivity contribution in [3.63, 3.8) is 0 Å². The number of nitrogens with one attached hydrogen (secondary N) is 1. The molecule has 0 aromatic heterocycles. The maximum absolute atomic E-state index is 3.60. The maximum atomic E-state index is 3.60. The van der Waals surface area contributed by atoms with Crippen LogP contribution in [0.15, 0.2) is 0 Å². The monoisotopic (exact) mass is 169 g/mol. The number of hydrogen-bond donors (Lipinski definition) is 1. The predicted octanol–water partition coefficient (Wildman–Crippen LogP) is 2.95. The second kappa shape index (κ2) is 5.58. The molecule has 0 aromatic carbocycles. The van der Waals surface area contributed by atoms with Crippen LogP contribution in [0.3, 0.4) is 0 Å². The van der Waals surface area contributed by atoms with E-state index in [0.717, 1.165) is 18.5 Å². The van der Waals surface area contributed by atoms with Crippen LogP contribution in [0.5, 0.6) is 0 Å². The van der Waals surface area contributed by atoms with Gasteiger partial charge < -0.3 is 5.32 Å². The van der Waals surface area contributed by atoms with Crippen LogP contribution in [0.25, 0.3) is 0 Å². The molecule has 1 atom stereocenters. The molecule has 1 aliphatic rings. The van der Waals surface area contributed by atoms with Crippen LogP contribution in [0.2, 0.25) is 0 Å². The molecule has 1 aliphatic carbocycles. The average Bonchev–Trinajstić information content (AvgIpc) is 2.15. The second-order valence-electron chi connectivity index (χ2n) is 3.97. The molecule has 0 amide bonds. The predicted molar refractivity (Wildman–Crippen MR) is 54.3 cm³/mol. The zero-order valence-corrected chi connectivity index (χ0v) is 8.60. The van der Waals surface area contributed by atoms with Crippen molar-refractivity contribution in [1.82, 2.24) is 5.32 Å². The Morgan fingerprint density at radius 2 is 1.83 bits per heavy atom. The molecule has 1 unspecified atom stereocenters. The molecule has 0 bridgehead atoms. The molecule has 0 radical (unpaired) electrons. The van der Waals surface area contributed by atoms with Gasteiger partial charge in [-0.15, -0.1) is 0 Å². The Morgan fingerprint density at radius 3 is 2.33 bits per heavy atom. The van der Waals surface area contributed by atoms with Crippen molar-refractivity contribution in [3.05, 3.63) is 0 Å². The van der Waals surface area contributed by atoms with Gasteiger partial charge in [0, 0.05) is 6.04 Å². The van der Waals surface area contributed by atoms with Crippen molar-refractivity contribution in [3.8, 4) is 0 Å². The molecule has 72 valence electrons. The van der Waals surface area contributed by atoms with E-state index in [2.05, 4.69) is 19.2 Å². The minimum Gasteiger partial charge on any atom is -0.314 e. The molecular formula is C11H23N. The van der Waals surface area contributed by atoms with Gasteiger partial charge in [-0.25, -0.2) is 0 Å². The molecule has 0 aromatic rings. The van der Waals surface area contributed by atoms with E-state index < -0.39 is 0 Å². The third kappa shape index (κ3) is 2.78. The van der Waals surface area contributed by atoms with E-state index in [-0.39, 0.29) is 0 Å². The fourth-order valence-electron chi connectivity index (χ4n) is 2.44. The van der Waals surface area contributed by atoms with Crippen LogP contribution in [0.1, 0.15) is 52.4 Å². The topological polar surface area (TPSA) is 12.0 Å². The van der Waals surface area contributed by atoms with Gasteiger partial charge in [0.25, 0.3) is 0 Å². The smallest absolute Gasteiger partial charge is 0.00925 e. The molecule has 0 saturated heterocycles. The van der Waals surface area contributed by atoms with E-state index in [4.69, 9.17) is 0 Å². The molecule has 1 heteroatoms. The van der Waals surface area contributed by atoms with Gasteiger partial charge in [0.1, 0.15) is 0 Å². The molecule has 0 aliphatic heterocycles. The van der Waals surface area contributed by atoms with Crippen molar-refractivity contribution in [2.24, 2.45) is 5.92 Å². The molecule has 1 N–H and O–H groups in total. The summed E-state index contributed by atoms with van der Waals surface area (Å²) in [5, 5.41) is 3.60. The Labute approximate surface area is 76.9 Å². The first-order valence-corrected chi connectivity index (χ1v) is 5.61. The molecular weight excluding hydrogens is 146 g/mol. The van der Waals surface area contributed by atoms with Crippen molar-refractivity contribution in [2.45, 2.75) is 58.4 Å². The van der Waals surface area contributed by atoms with Crippen LogP contribution >= 0.6 is 0 Å². The summed E-state index contributed by atoms with van der Waals surface area (Å²) in [6.07, 6.45) is 8.63. The fourth-order valence-corrected chi connectivity index (χ4v) is 2.44. The molecule has 1 rings (SSSR count). The second-order valence-corrected chi connectivity index (χ2v) is 3.97. The SMILES string of the molecule is CCNC(CC)C1CCCCC1. The van der Waals surface area contributed by atoms with Crippen LogP contribution in [-0.4, -0.2) is 12.6 Å². The largest absolute Gasteiger partial charge is 0.314 e. The van der Waals surface area contributed by atoms with Crippen LogP contribution in [-0.2, 0) is 0 Å². The Balaban J connectivity index is 2.29. The first-order chi connectivity index (χ1) is 5.88. The third-order valence-corrected chi connectivity index (χ3v) is 3.13. The minimum absolute atomic E-state index is 0.801. The van der Waals surface area contributed by atoms with Gasteiger partial charge in [0.2, 0.25) is 0 Å². The Kier molecular flexibility index (Phi) is 4.67. The Bertz CT molecular complexity index is 103. The van der Waals surface area contributed by atoms with E-state index >= 15 is 0 Å². The van der Waals surface area contributed by atoms with Crippen molar-refractivity contribution < 1.29 is 0 Å². The van der Waals surface area contributed by atoms with E-state index in [1.54, 1.807) is 0 Å². The Hall–Kier alpha value is -0.0400. The normalized spacial score (nSPS) is 22.5.